The maximum absolute atomic E-state index is 6.34. The second kappa shape index (κ2) is 4.26. The van der Waals surface area contributed by atoms with Crippen LogP contribution in [0.2, 0.25) is 0 Å². The first kappa shape index (κ1) is 11.7. The van der Waals surface area contributed by atoms with E-state index in [0.717, 1.165) is 34.4 Å². The number of benzene rings is 1. The first-order chi connectivity index (χ1) is 7.60. The van der Waals surface area contributed by atoms with E-state index in [9.17, 15) is 0 Å². The highest BCUT2D eigenvalue weighted by Gasteiger charge is 2.38. The molecule has 2 rings (SSSR count). The molecule has 0 unspecified atom stereocenters. The van der Waals surface area contributed by atoms with Crippen LogP contribution in [0.5, 0.6) is 11.5 Å². The monoisotopic (exact) mass is 285 g/mol. The average molecular weight is 286 g/mol. The van der Waals surface area contributed by atoms with E-state index in [1.54, 1.807) is 14.2 Å². The van der Waals surface area contributed by atoms with E-state index in [1.165, 1.54) is 6.42 Å². The van der Waals surface area contributed by atoms with Crippen molar-refractivity contribution < 1.29 is 9.47 Å². The van der Waals surface area contributed by atoms with Gasteiger partial charge in [0.25, 0.3) is 0 Å². The van der Waals surface area contributed by atoms with Gasteiger partial charge in [-0.25, -0.2) is 0 Å². The van der Waals surface area contributed by atoms with Crippen LogP contribution in [-0.2, 0) is 5.54 Å². The van der Waals surface area contributed by atoms with Crippen LogP contribution in [0.1, 0.15) is 24.8 Å². The number of halogens is 1. The van der Waals surface area contributed by atoms with Crippen LogP contribution in [0.15, 0.2) is 16.6 Å². The minimum atomic E-state index is -0.240. The zero-order valence-electron chi connectivity index (χ0n) is 9.55. The SMILES string of the molecule is COc1cc(Br)c(C2(N)CCC2)c(OC)c1. The predicted octanol–water partition coefficient (Wildman–Crippen LogP) is 2.80. The molecule has 1 fully saturated rings. The van der Waals surface area contributed by atoms with Crippen molar-refractivity contribution >= 4 is 15.9 Å². The van der Waals surface area contributed by atoms with Gasteiger partial charge in [0.15, 0.2) is 0 Å². The lowest BCUT2D eigenvalue weighted by atomic mass is 9.72. The van der Waals surface area contributed by atoms with E-state index in [1.807, 2.05) is 12.1 Å². The lowest BCUT2D eigenvalue weighted by Crippen LogP contribution is -2.43. The maximum Gasteiger partial charge on any atom is 0.128 e. The van der Waals surface area contributed by atoms with Gasteiger partial charge in [-0.2, -0.15) is 0 Å². The number of rotatable bonds is 3. The number of hydrogen-bond donors (Lipinski definition) is 1. The van der Waals surface area contributed by atoms with Crippen molar-refractivity contribution in [3.63, 3.8) is 0 Å². The molecule has 16 heavy (non-hydrogen) atoms. The van der Waals surface area contributed by atoms with E-state index in [2.05, 4.69) is 15.9 Å². The second-order valence-corrected chi connectivity index (χ2v) is 5.05. The third-order valence-corrected chi connectivity index (χ3v) is 3.85. The molecule has 0 radical (unpaired) electrons. The van der Waals surface area contributed by atoms with Gasteiger partial charge >= 0.3 is 0 Å². The lowest BCUT2D eigenvalue weighted by molar-refractivity contribution is 0.242. The van der Waals surface area contributed by atoms with Crippen molar-refractivity contribution in [2.75, 3.05) is 14.2 Å². The molecule has 88 valence electrons. The molecule has 0 aliphatic heterocycles. The van der Waals surface area contributed by atoms with Crippen molar-refractivity contribution in [1.82, 2.24) is 0 Å². The Balaban J connectivity index is 2.50. The minimum Gasteiger partial charge on any atom is -0.497 e. The summed E-state index contributed by atoms with van der Waals surface area (Å²) >= 11 is 3.55. The number of methoxy groups -OCH3 is 2. The highest BCUT2D eigenvalue weighted by Crippen LogP contribution is 2.47. The molecule has 0 atom stereocenters. The van der Waals surface area contributed by atoms with Crippen LogP contribution in [-0.4, -0.2) is 14.2 Å². The van der Waals surface area contributed by atoms with Crippen molar-refractivity contribution in [3.8, 4) is 11.5 Å². The van der Waals surface area contributed by atoms with Gasteiger partial charge < -0.3 is 15.2 Å². The quantitative estimate of drug-likeness (QED) is 0.929. The summed E-state index contributed by atoms with van der Waals surface area (Å²) in [5.74, 6) is 1.57. The van der Waals surface area contributed by atoms with Gasteiger partial charge in [0.2, 0.25) is 0 Å². The molecule has 1 saturated carbocycles. The van der Waals surface area contributed by atoms with Gasteiger partial charge in [-0.3, -0.25) is 0 Å². The first-order valence-corrected chi connectivity index (χ1v) is 6.11. The molecular weight excluding hydrogens is 270 g/mol. The van der Waals surface area contributed by atoms with E-state index in [-0.39, 0.29) is 5.54 Å². The van der Waals surface area contributed by atoms with Gasteiger partial charge in [-0.05, 0) is 25.3 Å². The van der Waals surface area contributed by atoms with Crippen LogP contribution in [0.3, 0.4) is 0 Å². The molecular formula is C12H16BrNO2. The fourth-order valence-electron chi connectivity index (χ4n) is 2.13. The number of ether oxygens (including phenoxy) is 2. The fraction of sp³-hybridized carbons (Fsp3) is 0.500. The summed E-state index contributed by atoms with van der Waals surface area (Å²) in [6.07, 6.45) is 3.20. The van der Waals surface area contributed by atoms with Crippen molar-refractivity contribution in [2.45, 2.75) is 24.8 Å². The highest BCUT2D eigenvalue weighted by atomic mass is 79.9. The van der Waals surface area contributed by atoms with Crippen LogP contribution in [0, 0.1) is 0 Å². The third kappa shape index (κ3) is 1.80. The summed E-state index contributed by atoms with van der Waals surface area (Å²) in [4.78, 5) is 0. The van der Waals surface area contributed by atoms with Gasteiger partial charge in [0.05, 0.1) is 14.2 Å². The molecule has 0 aromatic heterocycles. The summed E-state index contributed by atoms with van der Waals surface area (Å²) in [6, 6.07) is 3.82. The predicted molar refractivity (Wildman–Crippen MR) is 67.0 cm³/mol. The molecule has 0 heterocycles. The fourth-order valence-corrected chi connectivity index (χ4v) is 2.94. The second-order valence-electron chi connectivity index (χ2n) is 4.20. The molecule has 3 nitrogen and oxygen atoms in total. The molecule has 1 aliphatic rings. The van der Waals surface area contributed by atoms with Crippen molar-refractivity contribution in [3.05, 3.63) is 22.2 Å². The molecule has 0 saturated heterocycles. The normalized spacial score (nSPS) is 17.8. The Hall–Kier alpha value is -0.740. The Kier molecular flexibility index (Phi) is 3.13. The molecule has 0 amide bonds. The standard InChI is InChI=1S/C12H16BrNO2/c1-15-8-6-9(13)11(10(7-8)16-2)12(14)4-3-5-12/h6-7H,3-5,14H2,1-2H3. The highest BCUT2D eigenvalue weighted by molar-refractivity contribution is 9.10. The summed E-state index contributed by atoms with van der Waals surface area (Å²) in [7, 11) is 3.30. The van der Waals surface area contributed by atoms with E-state index < -0.39 is 0 Å². The number of nitrogens with two attached hydrogens (primary N) is 1. The Bertz CT molecular complexity index is 402. The topological polar surface area (TPSA) is 44.5 Å². The smallest absolute Gasteiger partial charge is 0.128 e. The van der Waals surface area contributed by atoms with E-state index >= 15 is 0 Å². The Morgan fingerprint density at radius 2 is 1.94 bits per heavy atom. The van der Waals surface area contributed by atoms with Gasteiger partial charge in [0, 0.05) is 21.6 Å². The van der Waals surface area contributed by atoms with Crippen molar-refractivity contribution in [2.24, 2.45) is 5.73 Å². The maximum atomic E-state index is 6.34. The summed E-state index contributed by atoms with van der Waals surface area (Å²) in [5.41, 5.74) is 7.16. The van der Waals surface area contributed by atoms with Crippen LogP contribution in [0.25, 0.3) is 0 Å². The molecule has 1 aromatic rings. The Labute approximate surface area is 104 Å². The zero-order chi connectivity index (χ0) is 11.8. The third-order valence-electron chi connectivity index (χ3n) is 3.23. The average Bonchev–Trinajstić information content (AvgIpc) is 2.24. The van der Waals surface area contributed by atoms with E-state index in [0.29, 0.717) is 0 Å². The summed E-state index contributed by atoms with van der Waals surface area (Å²) in [5, 5.41) is 0. The molecule has 2 N–H and O–H groups in total. The van der Waals surface area contributed by atoms with Crippen molar-refractivity contribution in [1.29, 1.82) is 0 Å². The van der Waals surface area contributed by atoms with Crippen LogP contribution < -0.4 is 15.2 Å². The van der Waals surface area contributed by atoms with E-state index in [4.69, 9.17) is 15.2 Å². The minimum absolute atomic E-state index is 0.240. The Morgan fingerprint density at radius 3 is 2.38 bits per heavy atom. The number of hydrogen-bond acceptors (Lipinski definition) is 3. The Morgan fingerprint density at radius 1 is 1.25 bits per heavy atom. The van der Waals surface area contributed by atoms with Crippen LogP contribution in [0.4, 0.5) is 0 Å². The lowest BCUT2D eigenvalue weighted by Gasteiger charge is -2.40. The molecule has 4 heteroatoms. The summed E-state index contributed by atoms with van der Waals surface area (Å²) in [6.45, 7) is 0. The largest absolute Gasteiger partial charge is 0.497 e. The molecule has 1 aromatic carbocycles. The molecule has 0 spiro atoms. The first-order valence-electron chi connectivity index (χ1n) is 5.31. The molecule has 1 aliphatic carbocycles. The summed E-state index contributed by atoms with van der Waals surface area (Å²) < 4.78 is 11.6. The molecule has 0 bridgehead atoms. The van der Waals surface area contributed by atoms with Gasteiger partial charge in [0.1, 0.15) is 11.5 Å². The van der Waals surface area contributed by atoms with Crippen LogP contribution >= 0.6 is 15.9 Å². The van der Waals surface area contributed by atoms with Gasteiger partial charge in [-0.1, -0.05) is 15.9 Å². The zero-order valence-corrected chi connectivity index (χ0v) is 11.1. The van der Waals surface area contributed by atoms with Gasteiger partial charge in [-0.15, -0.1) is 0 Å².